The van der Waals surface area contributed by atoms with Crippen LogP contribution in [0.5, 0.6) is 0 Å². The normalized spacial score (nSPS) is 13.6. The molecular formula is C13H16ClN3O2. The van der Waals surface area contributed by atoms with Gasteiger partial charge in [0.05, 0.1) is 6.42 Å². The first-order chi connectivity index (χ1) is 9.11. The van der Waals surface area contributed by atoms with Crippen molar-refractivity contribution in [3.05, 3.63) is 28.8 Å². The second-order valence-electron chi connectivity index (χ2n) is 4.52. The largest absolute Gasteiger partial charge is 0.312 e. The van der Waals surface area contributed by atoms with Crippen LogP contribution in [0.4, 0.5) is 5.69 Å². The fraction of sp³-hybridized carbons (Fsp3) is 0.385. The van der Waals surface area contributed by atoms with Gasteiger partial charge in [-0.25, -0.2) is 5.84 Å². The molecule has 1 aromatic carbocycles. The first-order valence-corrected chi connectivity index (χ1v) is 6.58. The van der Waals surface area contributed by atoms with Crippen molar-refractivity contribution in [1.29, 1.82) is 0 Å². The zero-order valence-electron chi connectivity index (χ0n) is 10.5. The van der Waals surface area contributed by atoms with Gasteiger partial charge in [-0.05, 0) is 30.5 Å². The molecule has 0 fully saturated rings. The van der Waals surface area contributed by atoms with Crippen molar-refractivity contribution in [1.82, 2.24) is 5.43 Å². The number of halogens is 1. The van der Waals surface area contributed by atoms with Crippen molar-refractivity contribution in [2.24, 2.45) is 5.84 Å². The Morgan fingerprint density at radius 3 is 2.95 bits per heavy atom. The number of hydrazine groups is 1. The van der Waals surface area contributed by atoms with E-state index in [9.17, 15) is 9.59 Å². The van der Waals surface area contributed by atoms with Crippen molar-refractivity contribution >= 4 is 29.1 Å². The second-order valence-corrected chi connectivity index (χ2v) is 4.96. The Morgan fingerprint density at radius 2 is 2.21 bits per heavy atom. The average Bonchev–Trinajstić information content (AvgIpc) is 2.70. The summed E-state index contributed by atoms with van der Waals surface area (Å²) >= 11 is 5.95. The van der Waals surface area contributed by atoms with Crippen LogP contribution >= 0.6 is 11.6 Å². The summed E-state index contributed by atoms with van der Waals surface area (Å²) < 4.78 is 0. The summed E-state index contributed by atoms with van der Waals surface area (Å²) in [6.07, 6.45) is 2.25. The molecule has 19 heavy (non-hydrogen) atoms. The minimum atomic E-state index is -0.184. The number of nitrogens with one attached hydrogen (secondary N) is 1. The smallest absolute Gasteiger partial charge is 0.233 e. The fourth-order valence-electron chi connectivity index (χ4n) is 2.20. The number of fused-ring (bicyclic) bond motifs is 1. The van der Waals surface area contributed by atoms with Gasteiger partial charge in [0.2, 0.25) is 11.8 Å². The van der Waals surface area contributed by atoms with Gasteiger partial charge in [0, 0.05) is 23.7 Å². The number of carbonyl (C=O) groups excluding carboxylic acids is 2. The number of anilines is 1. The Labute approximate surface area is 116 Å². The number of nitrogens with zero attached hydrogens (tertiary/aromatic N) is 1. The molecule has 1 aliphatic heterocycles. The van der Waals surface area contributed by atoms with Crippen molar-refractivity contribution in [2.75, 3.05) is 11.4 Å². The van der Waals surface area contributed by atoms with Crippen LogP contribution in [0.25, 0.3) is 0 Å². The van der Waals surface area contributed by atoms with Crippen molar-refractivity contribution < 1.29 is 9.59 Å². The van der Waals surface area contributed by atoms with Gasteiger partial charge < -0.3 is 4.90 Å². The molecule has 3 N–H and O–H groups in total. The van der Waals surface area contributed by atoms with E-state index in [0.717, 1.165) is 17.7 Å². The maximum atomic E-state index is 11.9. The molecule has 0 unspecified atom stereocenters. The number of amides is 2. The Morgan fingerprint density at radius 1 is 1.42 bits per heavy atom. The zero-order chi connectivity index (χ0) is 13.8. The van der Waals surface area contributed by atoms with E-state index in [4.69, 9.17) is 17.4 Å². The monoisotopic (exact) mass is 281 g/mol. The molecule has 1 aromatic rings. The van der Waals surface area contributed by atoms with Crippen LogP contribution in [0, 0.1) is 0 Å². The molecule has 0 saturated heterocycles. The Hall–Kier alpha value is -1.59. The molecule has 0 radical (unpaired) electrons. The summed E-state index contributed by atoms with van der Waals surface area (Å²) in [5.41, 5.74) is 3.99. The van der Waals surface area contributed by atoms with Gasteiger partial charge in [-0.3, -0.25) is 15.0 Å². The third-order valence-corrected chi connectivity index (χ3v) is 3.41. The predicted octanol–water partition coefficient (Wildman–Crippen LogP) is 1.39. The molecule has 102 valence electrons. The number of unbranched alkanes of at least 4 members (excludes halogenated alkanes) is 1. The molecule has 0 aromatic heterocycles. The number of hydrogen-bond donors (Lipinski definition) is 2. The molecule has 0 aliphatic carbocycles. The SMILES string of the molecule is NNC(=O)CCCCN1C(=O)Cc2ccc(Cl)cc21. The number of nitrogens with two attached hydrogens (primary N) is 1. The lowest BCUT2D eigenvalue weighted by Gasteiger charge is -2.17. The fourth-order valence-corrected chi connectivity index (χ4v) is 2.37. The highest BCUT2D eigenvalue weighted by atomic mass is 35.5. The summed E-state index contributed by atoms with van der Waals surface area (Å²) in [5, 5.41) is 0.626. The summed E-state index contributed by atoms with van der Waals surface area (Å²) in [5.74, 6) is 4.90. The molecule has 0 saturated carbocycles. The van der Waals surface area contributed by atoms with E-state index in [1.54, 1.807) is 11.0 Å². The zero-order valence-corrected chi connectivity index (χ0v) is 11.2. The molecule has 0 atom stereocenters. The van der Waals surface area contributed by atoms with Gasteiger partial charge in [0.25, 0.3) is 0 Å². The van der Waals surface area contributed by atoms with Crippen LogP contribution in [0.15, 0.2) is 18.2 Å². The molecule has 6 heteroatoms. The van der Waals surface area contributed by atoms with Crippen LogP contribution in [-0.2, 0) is 16.0 Å². The Bertz CT molecular complexity index is 505. The predicted molar refractivity (Wildman–Crippen MR) is 73.7 cm³/mol. The van der Waals surface area contributed by atoms with Gasteiger partial charge in [-0.15, -0.1) is 0 Å². The summed E-state index contributed by atoms with van der Waals surface area (Å²) in [6.45, 7) is 0.601. The van der Waals surface area contributed by atoms with Crippen molar-refractivity contribution in [3.8, 4) is 0 Å². The lowest BCUT2D eigenvalue weighted by Crippen LogP contribution is -2.30. The van der Waals surface area contributed by atoms with Crippen molar-refractivity contribution in [2.45, 2.75) is 25.7 Å². The topological polar surface area (TPSA) is 75.4 Å². The third kappa shape index (κ3) is 3.24. The van der Waals surface area contributed by atoms with E-state index in [1.807, 2.05) is 12.1 Å². The molecule has 0 bridgehead atoms. The third-order valence-electron chi connectivity index (χ3n) is 3.18. The maximum Gasteiger partial charge on any atom is 0.233 e. The van der Waals surface area contributed by atoms with Gasteiger partial charge in [-0.2, -0.15) is 0 Å². The first-order valence-electron chi connectivity index (χ1n) is 6.20. The summed E-state index contributed by atoms with van der Waals surface area (Å²) in [7, 11) is 0. The molecule has 1 aliphatic rings. The molecule has 0 spiro atoms. The summed E-state index contributed by atoms with van der Waals surface area (Å²) in [6, 6.07) is 5.49. The van der Waals surface area contributed by atoms with E-state index in [-0.39, 0.29) is 11.8 Å². The standard InChI is InChI=1S/C13H16ClN3O2/c14-10-5-4-9-7-13(19)17(11(9)8-10)6-2-1-3-12(18)16-15/h4-5,8H,1-3,6-7,15H2,(H,16,18). The van der Waals surface area contributed by atoms with Crippen molar-refractivity contribution in [3.63, 3.8) is 0 Å². The first kappa shape index (κ1) is 13.8. The van der Waals surface area contributed by atoms with Gasteiger partial charge in [0.1, 0.15) is 0 Å². The van der Waals surface area contributed by atoms with E-state index in [0.29, 0.717) is 30.8 Å². The highest BCUT2D eigenvalue weighted by Gasteiger charge is 2.26. The van der Waals surface area contributed by atoms with E-state index in [2.05, 4.69) is 5.43 Å². The van der Waals surface area contributed by atoms with Crippen LogP contribution in [0.1, 0.15) is 24.8 Å². The lowest BCUT2D eigenvalue weighted by molar-refractivity contribution is -0.121. The van der Waals surface area contributed by atoms with Crippen LogP contribution in [0.3, 0.4) is 0 Å². The average molecular weight is 282 g/mol. The maximum absolute atomic E-state index is 11.9. The summed E-state index contributed by atoms with van der Waals surface area (Å²) in [4.78, 5) is 24.6. The van der Waals surface area contributed by atoms with Crippen LogP contribution in [0.2, 0.25) is 5.02 Å². The molecule has 1 heterocycles. The van der Waals surface area contributed by atoms with Gasteiger partial charge in [-0.1, -0.05) is 17.7 Å². The Kier molecular flexibility index (Phi) is 4.39. The van der Waals surface area contributed by atoms with Crippen LogP contribution in [-0.4, -0.2) is 18.4 Å². The molecule has 2 amide bonds. The number of hydrogen-bond acceptors (Lipinski definition) is 3. The highest BCUT2D eigenvalue weighted by Crippen LogP contribution is 2.31. The lowest BCUT2D eigenvalue weighted by atomic mass is 10.1. The number of carbonyl (C=O) groups is 2. The number of benzene rings is 1. The minimum Gasteiger partial charge on any atom is -0.312 e. The van der Waals surface area contributed by atoms with Crippen LogP contribution < -0.4 is 16.2 Å². The molecule has 5 nitrogen and oxygen atoms in total. The van der Waals surface area contributed by atoms with Gasteiger partial charge >= 0.3 is 0 Å². The molecular weight excluding hydrogens is 266 g/mol. The minimum absolute atomic E-state index is 0.0838. The Balaban J connectivity index is 1.93. The highest BCUT2D eigenvalue weighted by molar-refractivity contribution is 6.31. The quantitative estimate of drug-likeness (QED) is 0.371. The van der Waals surface area contributed by atoms with E-state index >= 15 is 0 Å². The second kappa shape index (κ2) is 6.04. The van der Waals surface area contributed by atoms with Gasteiger partial charge in [0.15, 0.2) is 0 Å². The van der Waals surface area contributed by atoms with E-state index < -0.39 is 0 Å². The van der Waals surface area contributed by atoms with E-state index in [1.165, 1.54) is 0 Å². The number of rotatable bonds is 5. The molecule has 2 rings (SSSR count).